The van der Waals surface area contributed by atoms with E-state index in [9.17, 15) is 0 Å². The van der Waals surface area contributed by atoms with Gasteiger partial charge in [0, 0.05) is 6.20 Å². The van der Waals surface area contributed by atoms with Crippen molar-refractivity contribution in [1.82, 2.24) is 0 Å². The Bertz CT molecular complexity index is 155. The van der Waals surface area contributed by atoms with Crippen molar-refractivity contribution in [1.29, 1.82) is 0 Å². The van der Waals surface area contributed by atoms with E-state index in [1.165, 1.54) is 6.20 Å². The average molecular weight is 182 g/mol. The quantitative estimate of drug-likeness (QED) is 0.445. The molecule has 76 valence electrons. The van der Waals surface area contributed by atoms with E-state index in [2.05, 4.69) is 23.4 Å². The maximum absolute atomic E-state index is 3.63. The number of rotatable bonds is 3. The van der Waals surface area contributed by atoms with E-state index >= 15 is 0 Å². The zero-order valence-electron chi connectivity index (χ0n) is 9.54. The number of allylic oxidation sites excluding steroid dienone is 2. The summed E-state index contributed by atoms with van der Waals surface area (Å²) in [6, 6.07) is 0. The lowest BCUT2D eigenvalue weighted by Gasteiger charge is -1.80. The molecule has 0 unspecified atom stereocenters. The molecule has 0 radical (unpaired) electrons. The van der Waals surface area contributed by atoms with Crippen LogP contribution in [0.5, 0.6) is 0 Å². The van der Waals surface area contributed by atoms with Gasteiger partial charge in [-0.2, -0.15) is 10.2 Å². The van der Waals surface area contributed by atoms with E-state index < -0.39 is 0 Å². The molecule has 0 aromatic carbocycles. The monoisotopic (exact) mass is 182 g/mol. The Morgan fingerprint density at radius 1 is 1.00 bits per heavy atom. The average Bonchev–Trinajstić information content (AvgIpc) is 2.24. The highest BCUT2D eigenvalue weighted by molar-refractivity contribution is 5.11. The normalized spacial score (nSPS) is 9.15. The predicted octanol–water partition coefficient (Wildman–Crippen LogP) is 4.72. The summed E-state index contributed by atoms with van der Waals surface area (Å²) in [6.07, 6.45) is 4.71. The van der Waals surface area contributed by atoms with Crippen LogP contribution in [0.15, 0.2) is 47.4 Å². The third-order valence-corrected chi connectivity index (χ3v) is 0.732. The lowest BCUT2D eigenvalue weighted by Crippen LogP contribution is -1.60. The Labute approximate surface area is 82.8 Å². The van der Waals surface area contributed by atoms with Crippen LogP contribution in [0.3, 0.4) is 0 Å². The number of azo groups is 1. The molecule has 0 fully saturated rings. The van der Waals surface area contributed by atoms with Crippen molar-refractivity contribution in [2.45, 2.75) is 34.6 Å². The molecule has 0 saturated heterocycles. The Kier molecular flexibility index (Phi) is 30.7. The second-order valence-electron chi connectivity index (χ2n) is 1.49. The van der Waals surface area contributed by atoms with Crippen LogP contribution in [-0.2, 0) is 0 Å². The van der Waals surface area contributed by atoms with Gasteiger partial charge in [-0.1, -0.05) is 46.9 Å². The van der Waals surface area contributed by atoms with Gasteiger partial charge in [-0.15, -0.1) is 0 Å². The fourth-order valence-electron chi connectivity index (χ4n) is 0.224. The van der Waals surface area contributed by atoms with Crippen molar-refractivity contribution in [3.05, 3.63) is 37.2 Å². The van der Waals surface area contributed by atoms with Gasteiger partial charge in [-0.25, -0.2) is 0 Å². The van der Waals surface area contributed by atoms with Crippen LogP contribution < -0.4 is 0 Å². The third kappa shape index (κ3) is 24.8. The van der Waals surface area contributed by atoms with Crippen LogP contribution in [0.2, 0.25) is 0 Å². The van der Waals surface area contributed by atoms with Crippen molar-refractivity contribution in [2.24, 2.45) is 10.2 Å². The topological polar surface area (TPSA) is 24.7 Å². The Balaban J connectivity index is -0.000000218. The first-order chi connectivity index (χ1) is 6.31. The minimum Gasteiger partial charge on any atom is -0.160 e. The van der Waals surface area contributed by atoms with Crippen molar-refractivity contribution in [2.75, 3.05) is 0 Å². The van der Waals surface area contributed by atoms with Gasteiger partial charge in [0.05, 0.1) is 6.20 Å². The summed E-state index contributed by atoms with van der Waals surface area (Å²) in [5.74, 6) is 0. The molecule has 0 heterocycles. The first-order valence-corrected chi connectivity index (χ1v) is 4.61. The third-order valence-electron chi connectivity index (χ3n) is 0.732. The molecule has 0 aliphatic carbocycles. The first kappa shape index (κ1) is 17.8. The molecule has 0 saturated carbocycles. The van der Waals surface area contributed by atoms with E-state index in [1.807, 2.05) is 34.6 Å². The first-order valence-electron chi connectivity index (χ1n) is 4.61. The van der Waals surface area contributed by atoms with Crippen LogP contribution in [0.4, 0.5) is 0 Å². The van der Waals surface area contributed by atoms with Crippen molar-refractivity contribution >= 4 is 0 Å². The molecule has 0 aromatic heterocycles. The van der Waals surface area contributed by atoms with Gasteiger partial charge in [0.15, 0.2) is 0 Å². The fourth-order valence-corrected chi connectivity index (χ4v) is 0.224. The minimum atomic E-state index is 0.987. The van der Waals surface area contributed by atoms with Crippen molar-refractivity contribution in [3.8, 4) is 0 Å². The van der Waals surface area contributed by atoms with Crippen LogP contribution in [-0.4, -0.2) is 0 Å². The molecule has 2 nitrogen and oxygen atoms in total. The maximum atomic E-state index is 3.63. The zero-order valence-corrected chi connectivity index (χ0v) is 9.54. The Hall–Kier alpha value is -1.18. The summed E-state index contributed by atoms with van der Waals surface area (Å²) in [7, 11) is 0. The summed E-state index contributed by atoms with van der Waals surface area (Å²) < 4.78 is 0. The highest BCUT2D eigenvalue weighted by Crippen LogP contribution is 1.92. The van der Waals surface area contributed by atoms with E-state index in [0.29, 0.717) is 0 Å². The van der Waals surface area contributed by atoms with E-state index in [1.54, 1.807) is 12.3 Å². The van der Waals surface area contributed by atoms with Gasteiger partial charge in [-0.3, -0.25) is 0 Å². The molecule has 0 aliphatic heterocycles. The standard InChI is InChI=1S/C7H10N2.2C2H6/c1-4-7(3)6-9-8-5-2;2*1-2/h4-6H,1-2H2,3H3;2*1-2H3/b7-6-,9-8?;;. The zero-order chi connectivity index (χ0) is 11.1. The molecule has 0 spiro atoms. The molecule has 0 aliphatic rings. The van der Waals surface area contributed by atoms with E-state index in [0.717, 1.165) is 5.57 Å². The maximum Gasteiger partial charge on any atom is 0.0524 e. The second kappa shape index (κ2) is 22.4. The summed E-state index contributed by atoms with van der Waals surface area (Å²) in [5.41, 5.74) is 0.987. The SMILES string of the molecule is C=CN=N/C=C(/C)C=C.CC.CC. The second-order valence-corrected chi connectivity index (χ2v) is 1.49. The number of hydrogen-bond donors (Lipinski definition) is 0. The highest BCUT2D eigenvalue weighted by Gasteiger charge is 1.72. The van der Waals surface area contributed by atoms with Gasteiger partial charge in [0.2, 0.25) is 0 Å². The fraction of sp³-hybridized carbons (Fsp3) is 0.455. The summed E-state index contributed by atoms with van der Waals surface area (Å²) in [5, 5.41) is 7.16. The molecule has 0 rings (SSSR count). The van der Waals surface area contributed by atoms with Crippen LogP contribution in [0, 0.1) is 0 Å². The van der Waals surface area contributed by atoms with Crippen LogP contribution >= 0.6 is 0 Å². The van der Waals surface area contributed by atoms with Gasteiger partial charge >= 0.3 is 0 Å². The summed E-state index contributed by atoms with van der Waals surface area (Å²) >= 11 is 0. The molecular formula is C11H22N2. The van der Waals surface area contributed by atoms with Crippen LogP contribution in [0.25, 0.3) is 0 Å². The molecule has 0 aromatic rings. The van der Waals surface area contributed by atoms with Crippen molar-refractivity contribution in [3.63, 3.8) is 0 Å². The molecule has 13 heavy (non-hydrogen) atoms. The lowest BCUT2D eigenvalue weighted by molar-refractivity contribution is 1.21. The Morgan fingerprint density at radius 3 is 1.77 bits per heavy atom. The molecule has 0 amide bonds. The van der Waals surface area contributed by atoms with E-state index in [4.69, 9.17) is 0 Å². The Morgan fingerprint density at radius 2 is 1.46 bits per heavy atom. The summed E-state index contributed by atoms with van der Waals surface area (Å²) in [6.45, 7) is 16.8. The van der Waals surface area contributed by atoms with Gasteiger partial charge < -0.3 is 0 Å². The van der Waals surface area contributed by atoms with Gasteiger partial charge in [0.1, 0.15) is 0 Å². The summed E-state index contributed by atoms with van der Waals surface area (Å²) in [4.78, 5) is 0. The highest BCUT2D eigenvalue weighted by atomic mass is 15.1. The largest absolute Gasteiger partial charge is 0.160 e. The lowest BCUT2D eigenvalue weighted by atomic mass is 10.3. The molecule has 0 bridgehead atoms. The van der Waals surface area contributed by atoms with Crippen LogP contribution in [0.1, 0.15) is 34.6 Å². The number of nitrogens with zero attached hydrogens (tertiary/aromatic N) is 2. The predicted molar refractivity (Wildman–Crippen MR) is 61.7 cm³/mol. The number of hydrogen-bond acceptors (Lipinski definition) is 2. The van der Waals surface area contributed by atoms with Crippen molar-refractivity contribution < 1.29 is 0 Å². The van der Waals surface area contributed by atoms with Gasteiger partial charge in [0.25, 0.3) is 0 Å². The smallest absolute Gasteiger partial charge is 0.0524 e. The molecular weight excluding hydrogens is 160 g/mol. The van der Waals surface area contributed by atoms with Gasteiger partial charge in [-0.05, 0) is 12.5 Å². The molecule has 2 heteroatoms. The van der Waals surface area contributed by atoms with E-state index in [-0.39, 0.29) is 0 Å². The molecule has 0 N–H and O–H groups in total. The minimum absolute atomic E-state index is 0.987. The molecule has 0 atom stereocenters.